The lowest BCUT2D eigenvalue weighted by atomic mass is 10.2. The van der Waals surface area contributed by atoms with E-state index >= 15 is 0 Å². The smallest absolute Gasteiger partial charge is 0.284 e. The molecule has 5 nitrogen and oxygen atoms in total. The summed E-state index contributed by atoms with van der Waals surface area (Å²) in [6.07, 6.45) is 3.64. The highest BCUT2D eigenvalue weighted by Gasteiger charge is 2.32. The Kier molecular flexibility index (Phi) is 3.50. The first-order chi connectivity index (χ1) is 8.74. The Morgan fingerprint density at radius 3 is 2.72 bits per heavy atom. The van der Waals surface area contributed by atoms with Crippen molar-refractivity contribution in [2.45, 2.75) is 25.3 Å². The average molecular weight is 287 g/mol. The van der Waals surface area contributed by atoms with Gasteiger partial charge in [0, 0.05) is 19.1 Å². The first-order valence-electron chi connectivity index (χ1n) is 6.26. The second-order valence-electron chi connectivity index (χ2n) is 4.80. The quantitative estimate of drug-likeness (QED) is 0.827. The predicted octanol–water partition coefficient (Wildman–Crippen LogP) is 1.50. The Hall–Kier alpha value is -0.720. The molecule has 1 aromatic rings. The van der Waals surface area contributed by atoms with E-state index in [4.69, 9.17) is 11.6 Å². The molecular weight excluding hydrogens is 272 g/mol. The van der Waals surface area contributed by atoms with Gasteiger partial charge >= 0.3 is 0 Å². The molecule has 3 heterocycles. The summed E-state index contributed by atoms with van der Waals surface area (Å²) >= 11 is 6.86. The Labute approximate surface area is 115 Å². The second kappa shape index (κ2) is 5.11. The second-order valence-corrected chi connectivity index (χ2v) is 6.36. The molecule has 1 atom stereocenters. The molecule has 0 bridgehead atoms. The van der Waals surface area contributed by atoms with Crippen LogP contribution in [0.25, 0.3) is 0 Å². The van der Waals surface area contributed by atoms with Crippen molar-refractivity contribution in [2.75, 3.05) is 26.2 Å². The summed E-state index contributed by atoms with van der Waals surface area (Å²) in [5.74, 6) is -0.0268. The van der Waals surface area contributed by atoms with Crippen molar-refractivity contribution in [3.05, 3.63) is 9.47 Å². The van der Waals surface area contributed by atoms with Crippen LogP contribution in [0.1, 0.15) is 29.1 Å². The van der Waals surface area contributed by atoms with Crippen LogP contribution in [0, 0.1) is 0 Å². The van der Waals surface area contributed by atoms with Crippen LogP contribution in [0.2, 0.25) is 4.47 Å². The summed E-state index contributed by atoms with van der Waals surface area (Å²) in [5, 5.41) is 7.90. The highest BCUT2D eigenvalue weighted by Crippen LogP contribution is 2.23. The fourth-order valence-electron chi connectivity index (χ4n) is 2.76. The molecule has 18 heavy (non-hydrogen) atoms. The molecule has 0 aliphatic carbocycles. The van der Waals surface area contributed by atoms with Gasteiger partial charge < -0.3 is 4.90 Å². The van der Waals surface area contributed by atoms with Crippen LogP contribution in [0.15, 0.2) is 0 Å². The summed E-state index contributed by atoms with van der Waals surface area (Å²) in [6, 6.07) is 0.528. The summed E-state index contributed by atoms with van der Waals surface area (Å²) in [6.45, 7) is 3.99. The van der Waals surface area contributed by atoms with Gasteiger partial charge in [0.1, 0.15) is 0 Å². The van der Waals surface area contributed by atoms with E-state index < -0.39 is 0 Å². The molecule has 0 saturated carbocycles. The first-order valence-corrected chi connectivity index (χ1v) is 7.46. The van der Waals surface area contributed by atoms with E-state index in [1.807, 2.05) is 4.90 Å². The molecule has 1 unspecified atom stereocenters. The summed E-state index contributed by atoms with van der Waals surface area (Å²) < 4.78 is 0.327. The maximum absolute atomic E-state index is 12.2. The van der Waals surface area contributed by atoms with Gasteiger partial charge in [0.2, 0.25) is 9.47 Å². The molecule has 7 heteroatoms. The minimum absolute atomic E-state index is 0.0268. The summed E-state index contributed by atoms with van der Waals surface area (Å²) in [7, 11) is 0. The van der Waals surface area contributed by atoms with Crippen molar-refractivity contribution in [3.63, 3.8) is 0 Å². The van der Waals surface area contributed by atoms with Crippen molar-refractivity contribution in [1.82, 2.24) is 20.0 Å². The van der Waals surface area contributed by atoms with E-state index in [1.54, 1.807) is 0 Å². The van der Waals surface area contributed by atoms with Crippen LogP contribution in [0.3, 0.4) is 0 Å². The summed E-state index contributed by atoms with van der Waals surface area (Å²) in [4.78, 5) is 16.6. The van der Waals surface area contributed by atoms with E-state index in [9.17, 15) is 4.79 Å². The normalized spacial score (nSPS) is 24.9. The zero-order valence-corrected chi connectivity index (χ0v) is 11.6. The van der Waals surface area contributed by atoms with Gasteiger partial charge in [0.25, 0.3) is 5.91 Å². The van der Waals surface area contributed by atoms with Crippen LogP contribution in [0.5, 0.6) is 0 Å². The molecule has 2 aliphatic rings. The summed E-state index contributed by atoms with van der Waals surface area (Å²) in [5.41, 5.74) is 0. The number of hydrogen-bond acceptors (Lipinski definition) is 5. The molecule has 0 radical (unpaired) electrons. The van der Waals surface area contributed by atoms with Gasteiger partial charge in [0.15, 0.2) is 0 Å². The lowest BCUT2D eigenvalue weighted by molar-refractivity contribution is 0.0779. The molecule has 2 saturated heterocycles. The van der Waals surface area contributed by atoms with E-state index in [0.717, 1.165) is 30.8 Å². The van der Waals surface area contributed by atoms with Gasteiger partial charge in [-0.25, -0.2) is 0 Å². The molecule has 1 amide bonds. The third-order valence-electron chi connectivity index (χ3n) is 3.69. The van der Waals surface area contributed by atoms with Crippen molar-refractivity contribution < 1.29 is 4.79 Å². The van der Waals surface area contributed by atoms with Gasteiger partial charge in [-0.05, 0) is 44.0 Å². The third-order valence-corrected chi connectivity index (χ3v) is 4.70. The number of aromatic nitrogens is 2. The standard InChI is InChI=1S/C11H15ClN4OS/c12-11-14-13-9(18-11)10(17)16-6-3-8(7-16)15-4-1-2-5-15/h8H,1-7H2. The Bertz CT molecular complexity index is 446. The molecule has 2 aliphatic heterocycles. The fourth-order valence-corrected chi connectivity index (χ4v) is 3.55. The Balaban J connectivity index is 1.63. The third kappa shape index (κ3) is 2.37. The number of likely N-dealkylation sites (tertiary alicyclic amines) is 2. The zero-order valence-electron chi connectivity index (χ0n) is 10.0. The highest BCUT2D eigenvalue weighted by molar-refractivity contribution is 7.17. The minimum atomic E-state index is -0.0268. The molecule has 2 fully saturated rings. The fraction of sp³-hybridized carbons (Fsp3) is 0.727. The number of halogens is 1. The minimum Gasteiger partial charge on any atom is -0.335 e. The first kappa shape index (κ1) is 12.3. The number of amides is 1. The van der Waals surface area contributed by atoms with Crippen molar-refractivity contribution in [2.24, 2.45) is 0 Å². The Morgan fingerprint density at radius 2 is 2.06 bits per heavy atom. The molecule has 98 valence electrons. The van der Waals surface area contributed by atoms with E-state index in [1.165, 1.54) is 25.9 Å². The topological polar surface area (TPSA) is 49.3 Å². The molecule has 0 N–H and O–H groups in total. The predicted molar refractivity (Wildman–Crippen MR) is 70.0 cm³/mol. The number of nitrogens with zero attached hydrogens (tertiary/aromatic N) is 4. The van der Waals surface area contributed by atoms with Crippen molar-refractivity contribution >= 4 is 28.8 Å². The van der Waals surface area contributed by atoms with Crippen molar-refractivity contribution in [1.29, 1.82) is 0 Å². The maximum atomic E-state index is 12.2. The molecule has 1 aromatic heterocycles. The highest BCUT2D eigenvalue weighted by atomic mass is 35.5. The molecule has 0 aromatic carbocycles. The number of carbonyl (C=O) groups is 1. The SMILES string of the molecule is O=C(c1nnc(Cl)s1)N1CCC(N2CCCC2)C1. The van der Waals surface area contributed by atoms with Crippen LogP contribution in [-0.2, 0) is 0 Å². The molecular formula is C11H15ClN4OS. The molecule has 0 spiro atoms. The van der Waals surface area contributed by atoms with E-state index in [2.05, 4.69) is 15.1 Å². The van der Waals surface area contributed by atoms with Gasteiger partial charge in [0.05, 0.1) is 0 Å². The van der Waals surface area contributed by atoms with Gasteiger partial charge in [-0.15, -0.1) is 10.2 Å². The van der Waals surface area contributed by atoms with Gasteiger partial charge in [-0.2, -0.15) is 0 Å². The number of rotatable bonds is 2. The van der Waals surface area contributed by atoms with Crippen molar-refractivity contribution in [3.8, 4) is 0 Å². The lowest BCUT2D eigenvalue weighted by Crippen LogP contribution is -2.37. The van der Waals surface area contributed by atoms with Crippen LogP contribution in [0.4, 0.5) is 0 Å². The largest absolute Gasteiger partial charge is 0.335 e. The van der Waals surface area contributed by atoms with Crippen LogP contribution in [-0.4, -0.2) is 58.1 Å². The number of carbonyl (C=O) groups excluding carboxylic acids is 1. The van der Waals surface area contributed by atoms with E-state index in [-0.39, 0.29) is 5.91 Å². The van der Waals surface area contributed by atoms with Gasteiger partial charge in [-0.3, -0.25) is 9.69 Å². The zero-order chi connectivity index (χ0) is 12.5. The van der Waals surface area contributed by atoms with E-state index in [0.29, 0.717) is 15.5 Å². The maximum Gasteiger partial charge on any atom is 0.284 e. The number of hydrogen-bond donors (Lipinski definition) is 0. The monoisotopic (exact) mass is 286 g/mol. The Morgan fingerprint density at radius 1 is 1.28 bits per heavy atom. The lowest BCUT2D eigenvalue weighted by Gasteiger charge is -2.23. The van der Waals surface area contributed by atoms with Gasteiger partial charge in [-0.1, -0.05) is 11.3 Å². The molecule has 3 rings (SSSR count). The van der Waals surface area contributed by atoms with Crippen LogP contribution < -0.4 is 0 Å². The average Bonchev–Trinajstić information content (AvgIpc) is 3.09. The van der Waals surface area contributed by atoms with Crippen LogP contribution >= 0.6 is 22.9 Å².